The van der Waals surface area contributed by atoms with Gasteiger partial charge in [0.05, 0.1) is 0 Å². The van der Waals surface area contributed by atoms with Gasteiger partial charge in [-0.25, -0.2) is 0 Å². The number of hydrogen-bond acceptors (Lipinski definition) is 2. The van der Waals surface area contributed by atoms with Crippen LogP contribution in [0.3, 0.4) is 0 Å². The molecule has 0 saturated carbocycles. The Hall–Kier alpha value is -1.02. The van der Waals surface area contributed by atoms with Gasteiger partial charge in [-0.05, 0) is 0 Å². The fraction of sp³-hybridized carbons (Fsp3) is 0.294. The maximum absolute atomic E-state index is 12.3. The number of sulfonamides is 1. The van der Waals surface area contributed by atoms with Crippen LogP contribution in [-0.2, 0) is 10.0 Å². The Kier molecular flexibility index (Phi) is 6.31. The third-order valence-corrected chi connectivity index (χ3v) is 7.74. The summed E-state index contributed by atoms with van der Waals surface area (Å²) in [5.41, 5.74) is 1.66. The Morgan fingerprint density at radius 1 is 1.00 bits per heavy atom. The molecule has 0 spiro atoms. The fourth-order valence-electron chi connectivity index (χ4n) is 1.89. The number of nitrogens with one attached hydrogen (secondary N) is 1. The molecule has 0 atom stereocenters. The topological polar surface area (TPSA) is 46.2 Å². The normalized spacial score (nSPS) is 11.4. The second-order valence-corrected chi connectivity index (χ2v) is 10.2. The van der Waals surface area contributed by atoms with E-state index in [1.165, 1.54) is 20.9 Å². The molecule has 22 heavy (non-hydrogen) atoms. The number of anilines is 1. The van der Waals surface area contributed by atoms with Gasteiger partial charge in [0.15, 0.2) is 0 Å². The van der Waals surface area contributed by atoms with E-state index in [2.05, 4.69) is 11.6 Å². The molecule has 0 aliphatic carbocycles. The third kappa shape index (κ3) is 5.01. The second kappa shape index (κ2) is 8.01. The summed E-state index contributed by atoms with van der Waals surface area (Å²) in [5.74, 6) is 0. The van der Waals surface area contributed by atoms with Crippen LogP contribution in [-0.4, -0.2) is 29.3 Å². The Morgan fingerprint density at radius 2 is 1.64 bits per heavy atom. The van der Waals surface area contributed by atoms with Gasteiger partial charge in [0.2, 0.25) is 0 Å². The summed E-state index contributed by atoms with van der Waals surface area (Å²) in [6, 6.07) is 14.7. The Bertz CT molecular complexity index is 694. The van der Waals surface area contributed by atoms with E-state index in [0.29, 0.717) is 10.6 Å². The van der Waals surface area contributed by atoms with Crippen LogP contribution in [0.1, 0.15) is 25.3 Å². The molecule has 2 aromatic rings. The zero-order valence-corrected chi connectivity index (χ0v) is 16.0. The first-order valence-electron chi connectivity index (χ1n) is 7.33. The summed E-state index contributed by atoms with van der Waals surface area (Å²) < 4.78 is 29.9. The average molecular weight is 431 g/mol. The number of benzene rings is 2. The van der Waals surface area contributed by atoms with Crippen LogP contribution in [0.5, 0.6) is 0 Å². The summed E-state index contributed by atoms with van der Waals surface area (Å²) in [4.78, 5) is 0.291. The van der Waals surface area contributed by atoms with E-state index in [4.69, 9.17) is 0 Å². The van der Waals surface area contributed by atoms with Crippen LogP contribution < -0.4 is 8.33 Å². The molecular formula is C17H21NO2STe. The van der Waals surface area contributed by atoms with Gasteiger partial charge in [0, 0.05) is 0 Å². The monoisotopic (exact) mass is 433 g/mol. The summed E-state index contributed by atoms with van der Waals surface area (Å²) in [6.07, 6.45) is 2.52. The van der Waals surface area contributed by atoms with Crippen LogP contribution in [0, 0.1) is 6.92 Å². The molecule has 0 amide bonds. The van der Waals surface area contributed by atoms with Gasteiger partial charge in [-0.15, -0.1) is 0 Å². The maximum atomic E-state index is 12.3. The van der Waals surface area contributed by atoms with Gasteiger partial charge in [-0.2, -0.15) is 0 Å². The van der Waals surface area contributed by atoms with Crippen LogP contribution >= 0.6 is 0 Å². The molecule has 0 aromatic heterocycles. The Morgan fingerprint density at radius 3 is 2.23 bits per heavy atom. The molecule has 1 N–H and O–H groups in total. The van der Waals surface area contributed by atoms with Crippen LogP contribution in [0.25, 0.3) is 0 Å². The molecule has 3 nitrogen and oxygen atoms in total. The number of hydrogen-bond donors (Lipinski definition) is 1. The van der Waals surface area contributed by atoms with E-state index in [0.717, 1.165) is 5.56 Å². The van der Waals surface area contributed by atoms with E-state index >= 15 is 0 Å². The molecule has 0 heterocycles. The van der Waals surface area contributed by atoms with Crippen LogP contribution in [0.4, 0.5) is 5.69 Å². The van der Waals surface area contributed by atoms with Crippen molar-refractivity contribution >= 4 is 40.2 Å². The minimum absolute atomic E-state index is 0.133. The van der Waals surface area contributed by atoms with Crippen molar-refractivity contribution in [1.29, 1.82) is 0 Å². The van der Waals surface area contributed by atoms with Crippen molar-refractivity contribution in [3.05, 3.63) is 54.1 Å². The van der Waals surface area contributed by atoms with E-state index in [-0.39, 0.29) is 20.9 Å². The molecule has 0 bridgehead atoms. The van der Waals surface area contributed by atoms with Gasteiger partial charge in [0.25, 0.3) is 0 Å². The molecule has 0 aliphatic rings. The Labute approximate surface area is 143 Å². The molecule has 0 radical (unpaired) electrons. The van der Waals surface area contributed by atoms with Crippen molar-refractivity contribution in [2.24, 2.45) is 0 Å². The molecular weight excluding hydrogens is 410 g/mol. The van der Waals surface area contributed by atoms with E-state index in [1.54, 1.807) is 24.3 Å². The van der Waals surface area contributed by atoms with Crippen molar-refractivity contribution in [3.8, 4) is 0 Å². The molecule has 0 aliphatic heterocycles. The van der Waals surface area contributed by atoms with Crippen molar-refractivity contribution in [2.45, 2.75) is 36.1 Å². The van der Waals surface area contributed by atoms with Crippen molar-refractivity contribution in [2.75, 3.05) is 4.72 Å². The first-order valence-corrected chi connectivity index (χ1v) is 11.6. The van der Waals surface area contributed by atoms with Gasteiger partial charge >= 0.3 is 144 Å². The zero-order chi connectivity index (χ0) is 16.0. The van der Waals surface area contributed by atoms with E-state index in [9.17, 15) is 8.42 Å². The summed E-state index contributed by atoms with van der Waals surface area (Å²) in [5, 5.41) is 0. The predicted octanol–water partition coefficient (Wildman–Crippen LogP) is 3.34. The molecule has 0 unspecified atom stereocenters. The summed E-state index contributed by atoms with van der Waals surface area (Å²) in [7, 11) is -3.50. The zero-order valence-electron chi connectivity index (χ0n) is 12.9. The second-order valence-electron chi connectivity index (χ2n) is 5.14. The van der Waals surface area contributed by atoms with Crippen molar-refractivity contribution in [1.82, 2.24) is 0 Å². The van der Waals surface area contributed by atoms with E-state index < -0.39 is 10.0 Å². The van der Waals surface area contributed by atoms with Crippen molar-refractivity contribution < 1.29 is 8.42 Å². The van der Waals surface area contributed by atoms with Crippen LogP contribution in [0.2, 0.25) is 4.47 Å². The molecule has 0 saturated heterocycles. The first kappa shape index (κ1) is 17.3. The molecule has 5 heteroatoms. The number of aryl methyl sites for hydroxylation is 1. The van der Waals surface area contributed by atoms with Crippen LogP contribution in [0.15, 0.2) is 53.4 Å². The third-order valence-electron chi connectivity index (χ3n) is 3.20. The summed E-state index contributed by atoms with van der Waals surface area (Å²) in [6.45, 7) is 4.14. The van der Waals surface area contributed by atoms with Gasteiger partial charge in [0.1, 0.15) is 0 Å². The van der Waals surface area contributed by atoms with Gasteiger partial charge in [-0.3, -0.25) is 0 Å². The number of unbranched alkanes of at least 4 members (excludes halogenated alkanes) is 1. The molecule has 0 fully saturated rings. The fourth-order valence-corrected chi connectivity index (χ4v) is 5.79. The summed E-state index contributed by atoms with van der Waals surface area (Å²) >= 11 is -0.133. The van der Waals surface area contributed by atoms with Gasteiger partial charge in [-0.1, -0.05) is 0 Å². The van der Waals surface area contributed by atoms with Crippen molar-refractivity contribution in [3.63, 3.8) is 0 Å². The molecule has 2 rings (SSSR count). The first-order chi connectivity index (χ1) is 10.5. The minimum atomic E-state index is -3.50. The quantitative estimate of drug-likeness (QED) is 0.541. The molecule has 2 aromatic carbocycles. The van der Waals surface area contributed by atoms with Gasteiger partial charge < -0.3 is 0 Å². The Balaban J connectivity index is 2.05. The predicted molar refractivity (Wildman–Crippen MR) is 93.5 cm³/mol. The molecule has 118 valence electrons. The SMILES string of the molecule is CCCC[Te]c1ccc(NS(=O)(=O)c2ccc(C)cc2)cc1. The standard InChI is InChI=1S/C17H21NO2STe/c1-3-4-13-22-17-11-7-15(8-12-17)18-21(19,20)16-9-5-14(2)6-10-16/h5-12,18H,3-4,13H2,1-2H3. The van der Waals surface area contributed by atoms with E-state index in [1.807, 2.05) is 31.2 Å². The average Bonchev–Trinajstić information content (AvgIpc) is 2.49. The number of rotatable bonds is 7.